The lowest BCUT2D eigenvalue weighted by molar-refractivity contribution is -0.137. The summed E-state index contributed by atoms with van der Waals surface area (Å²) in [7, 11) is 0. The van der Waals surface area contributed by atoms with Gasteiger partial charge < -0.3 is 14.7 Å². The number of hydrogen-bond donors (Lipinski definition) is 0. The fourth-order valence-electron chi connectivity index (χ4n) is 4.52. The van der Waals surface area contributed by atoms with Gasteiger partial charge in [-0.05, 0) is 56.0 Å². The maximum Gasteiger partial charge on any atom is 0.416 e. The van der Waals surface area contributed by atoms with Crippen molar-refractivity contribution in [2.75, 3.05) is 42.5 Å². The lowest BCUT2D eigenvalue weighted by Crippen LogP contribution is -2.49. The minimum atomic E-state index is -4.47. The first-order chi connectivity index (χ1) is 15.4. The van der Waals surface area contributed by atoms with Gasteiger partial charge in [0.15, 0.2) is 11.6 Å². The Balaban J connectivity index is 1.37. The standard InChI is InChI=1S/C23H28F3N5O/c1-2-19-8-3-4-11-31(19)21-10-9-20(27-28-21)29-12-14-30(15-13-29)22(32)17-6-5-7-18(16-17)23(24,25)26/h5-7,9-10,16,19H,2-4,8,11-15H2,1H3. The van der Waals surface area contributed by atoms with E-state index < -0.39 is 11.7 Å². The third-order valence-electron chi connectivity index (χ3n) is 6.36. The van der Waals surface area contributed by atoms with Crippen LogP contribution >= 0.6 is 0 Å². The van der Waals surface area contributed by atoms with Crippen LogP contribution in [0.1, 0.15) is 48.5 Å². The molecule has 32 heavy (non-hydrogen) atoms. The third-order valence-corrected chi connectivity index (χ3v) is 6.36. The number of piperidine rings is 1. The Morgan fingerprint density at radius 1 is 1.00 bits per heavy atom. The van der Waals surface area contributed by atoms with Crippen molar-refractivity contribution < 1.29 is 18.0 Å². The van der Waals surface area contributed by atoms with Gasteiger partial charge in [0.2, 0.25) is 0 Å². The predicted molar refractivity (Wildman–Crippen MR) is 117 cm³/mol. The molecule has 1 atom stereocenters. The summed E-state index contributed by atoms with van der Waals surface area (Å²) in [4.78, 5) is 18.7. The number of amides is 1. The molecule has 4 rings (SSSR count). The number of hydrogen-bond acceptors (Lipinski definition) is 5. The van der Waals surface area contributed by atoms with Crippen LogP contribution in [0.3, 0.4) is 0 Å². The van der Waals surface area contributed by atoms with Crippen LogP contribution in [0.25, 0.3) is 0 Å². The number of anilines is 2. The molecular formula is C23H28F3N5O. The quantitative estimate of drug-likeness (QED) is 0.702. The van der Waals surface area contributed by atoms with E-state index in [1.807, 2.05) is 12.1 Å². The topological polar surface area (TPSA) is 52.6 Å². The van der Waals surface area contributed by atoms with Crippen LogP contribution in [-0.2, 0) is 6.18 Å². The third kappa shape index (κ3) is 4.81. The average molecular weight is 448 g/mol. The van der Waals surface area contributed by atoms with Crippen molar-refractivity contribution in [3.8, 4) is 0 Å². The molecule has 0 N–H and O–H groups in total. The van der Waals surface area contributed by atoms with Gasteiger partial charge in [-0.15, -0.1) is 10.2 Å². The summed E-state index contributed by atoms with van der Waals surface area (Å²) in [5.41, 5.74) is -0.749. The minimum absolute atomic E-state index is 0.0597. The Kier molecular flexibility index (Phi) is 6.53. The summed E-state index contributed by atoms with van der Waals surface area (Å²) in [6.45, 7) is 5.15. The molecule has 2 saturated heterocycles. The van der Waals surface area contributed by atoms with E-state index in [1.165, 1.54) is 31.4 Å². The zero-order valence-electron chi connectivity index (χ0n) is 18.2. The number of carbonyl (C=O) groups is 1. The summed E-state index contributed by atoms with van der Waals surface area (Å²) in [6.07, 6.45) is 0.226. The smallest absolute Gasteiger partial charge is 0.352 e. The molecule has 9 heteroatoms. The zero-order chi connectivity index (χ0) is 22.7. The Hall–Kier alpha value is -2.84. The van der Waals surface area contributed by atoms with Crippen molar-refractivity contribution in [2.24, 2.45) is 0 Å². The average Bonchev–Trinajstić information content (AvgIpc) is 2.83. The number of nitrogens with zero attached hydrogens (tertiary/aromatic N) is 5. The molecule has 0 aliphatic carbocycles. The molecule has 1 unspecified atom stereocenters. The van der Waals surface area contributed by atoms with Crippen molar-refractivity contribution in [1.29, 1.82) is 0 Å². The van der Waals surface area contributed by atoms with Gasteiger partial charge in [0.05, 0.1) is 5.56 Å². The zero-order valence-corrected chi connectivity index (χ0v) is 18.2. The van der Waals surface area contributed by atoms with E-state index in [9.17, 15) is 18.0 Å². The summed E-state index contributed by atoms with van der Waals surface area (Å²) < 4.78 is 38.9. The molecular weight excluding hydrogens is 419 g/mol. The lowest BCUT2D eigenvalue weighted by atomic mass is 10.0. The van der Waals surface area contributed by atoms with Crippen LogP contribution in [0.2, 0.25) is 0 Å². The fourth-order valence-corrected chi connectivity index (χ4v) is 4.52. The lowest BCUT2D eigenvalue weighted by Gasteiger charge is -2.37. The normalized spacial score (nSPS) is 19.9. The van der Waals surface area contributed by atoms with E-state index in [2.05, 4.69) is 26.9 Å². The number of carbonyl (C=O) groups excluding carboxylic acids is 1. The molecule has 0 radical (unpaired) electrons. The Morgan fingerprint density at radius 2 is 1.72 bits per heavy atom. The largest absolute Gasteiger partial charge is 0.416 e. The molecule has 172 valence electrons. The van der Waals surface area contributed by atoms with Crippen LogP contribution in [0, 0.1) is 0 Å². The Labute approximate surface area is 186 Å². The van der Waals surface area contributed by atoms with Crippen molar-refractivity contribution in [2.45, 2.75) is 44.8 Å². The SMILES string of the molecule is CCC1CCCCN1c1ccc(N2CCN(C(=O)c3cccc(C(F)(F)F)c3)CC2)nn1. The number of halogens is 3. The van der Waals surface area contributed by atoms with Crippen LogP contribution in [0.15, 0.2) is 36.4 Å². The maximum absolute atomic E-state index is 13.0. The molecule has 2 aliphatic rings. The second-order valence-corrected chi connectivity index (χ2v) is 8.36. The number of aromatic nitrogens is 2. The van der Waals surface area contributed by atoms with Crippen molar-refractivity contribution >= 4 is 17.5 Å². The fraction of sp³-hybridized carbons (Fsp3) is 0.522. The molecule has 0 spiro atoms. The van der Waals surface area contributed by atoms with Crippen molar-refractivity contribution in [3.63, 3.8) is 0 Å². The van der Waals surface area contributed by atoms with Gasteiger partial charge in [-0.3, -0.25) is 4.79 Å². The van der Waals surface area contributed by atoms with Crippen molar-refractivity contribution in [3.05, 3.63) is 47.5 Å². The van der Waals surface area contributed by atoms with Crippen LogP contribution in [0.4, 0.5) is 24.8 Å². The Morgan fingerprint density at radius 3 is 2.38 bits per heavy atom. The van der Waals surface area contributed by atoms with Crippen molar-refractivity contribution in [1.82, 2.24) is 15.1 Å². The molecule has 2 aliphatic heterocycles. The molecule has 3 heterocycles. The molecule has 2 aromatic rings. The van der Waals surface area contributed by atoms with Gasteiger partial charge in [0.25, 0.3) is 5.91 Å². The highest BCUT2D eigenvalue weighted by atomic mass is 19.4. The monoisotopic (exact) mass is 447 g/mol. The summed E-state index contributed by atoms with van der Waals surface area (Å²) >= 11 is 0. The first kappa shape index (κ1) is 22.4. The van der Waals surface area contributed by atoms with E-state index in [4.69, 9.17) is 0 Å². The predicted octanol–water partition coefficient (Wildman–Crippen LogP) is 4.23. The number of rotatable bonds is 4. The molecule has 2 fully saturated rings. The highest BCUT2D eigenvalue weighted by Crippen LogP contribution is 2.30. The molecule has 1 aromatic heterocycles. The molecule has 0 bridgehead atoms. The maximum atomic E-state index is 13.0. The first-order valence-electron chi connectivity index (χ1n) is 11.2. The Bertz CT molecular complexity index is 926. The molecule has 0 saturated carbocycles. The molecule has 6 nitrogen and oxygen atoms in total. The van der Waals surface area contributed by atoms with Gasteiger partial charge in [0, 0.05) is 44.3 Å². The first-order valence-corrected chi connectivity index (χ1v) is 11.2. The minimum Gasteiger partial charge on any atom is -0.352 e. The molecule has 1 aromatic carbocycles. The van der Waals surface area contributed by atoms with Gasteiger partial charge in [-0.25, -0.2) is 0 Å². The van der Waals surface area contributed by atoms with E-state index in [1.54, 1.807) is 4.90 Å². The van der Waals surface area contributed by atoms with Crippen LogP contribution in [-0.4, -0.2) is 59.8 Å². The van der Waals surface area contributed by atoms with Gasteiger partial charge in [-0.2, -0.15) is 13.2 Å². The van der Waals surface area contributed by atoms with Gasteiger partial charge in [-0.1, -0.05) is 13.0 Å². The number of benzene rings is 1. The highest BCUT2D eigenvalue weighted by Gasteiger charge is 2.32. The van der Waals surface area contributed by atoms with E-state index in [0.29, 0.717) is 32.2 Å². The second kappa shape index (κ2) is 9.34. The molecule has 1 amide bonds. The van der Waals surface area contributed by atoms with Crippen LogP contribution in [0.5, 0.6) is 0 Å². The number of alkyl halides is 3. The number of piperazine rings is 1. The van der Waals surface area contributed by atoms with Gasteiger partial charge in [0.1, 0.15) is 0 Å². The summed E-state index contributed by atoms with van der Waals surface area (Å²) in [5, 5.41) is 8.88. The summed E-state index contributed by atoms with van der Waals surface area (Å²) in [6, 6.07) is 9.08. The second-order valence-electron chi connectivity index (χ2n) is 8.36. The van der Waals surface area contributed by atoms with E-state index >= 15 is 0 Å². The van der Waals surface area contributed by atoms with E-state index in [-0.39, 0.29) is 11.5 Å². The van der Waals surface area contributed by atoms with Gasteiger partial charge >= 0.3 is 6.18 Å². The highest BCUT2D eigenvalue weighted by molar-refractivity contribution is 5.94. The van der Waals surface area contributed by atoms with Crippen LogP contribution < -0.4 is 9.80 Å². The summed E-state index contributed by atoms with van der Waals surface area (Å²) in [5.74, 6) is 1.27. The van der Waals surface area contributed by atoms with E-state index in [0.717, 1.165) is 36.7 Å².